The number of aromatic nitrogens is 1. The average Bonchev–Trinajstić information content (AvgIpc) is 2.01. The van der Waals surface area contributed by atoms with Crippen molar-refractivity contribution in [2.75, 3.05) is 17.6 Å². The second-order valence-corrected chi connectivity index (χ2v) is 4.78. The first kappa shape index (κ1) is 11.2. The molecule has 0 spiro atoms. The van der Waals surface area contributed by atoms with Gasteiger partial charge in [-0.15, -0.1) is 0 Å². The normalized spacial score (nSPS) is 11.3. The first-order valence-electron chi connectivity index (χ1n) is 3.83. The number of hydrogen-bond acceptors (Lipinski definition) is 4. The van der Waals surface area contributed by atoms with Crippen LogP contribution < -0.4 is 10.5 Å². The first-order chi connectivity index (χ1) is 6.47. The summed E-state index contributed by atoms with van der Waals surface area (Å²) in [7, 11) is -3.42. The first-order valence-corrected chi connectivity index (χ1v) is 5.92. The molecule has 1 aromatic heterocycles. The monoisotopic (exact) mass is 235 g/mol. The molecule has 0 fully saturated rings. The molecule has 78 valence electrons. The van der Waals surface area contributed by atoms with Crippen LogP contribution in [0.5, 0.6) is 0 Å². The van der Waals surface area contributed by atoms with E-state index >= 15 is 0 Å². The Balaban J connectivity index is 2.47. The lowest BCUT2D eigenvalue weighted by Gasteiger charge is -2.04. The lowest BCUT2D eigenvalue weighted by molar-refractivity contribution is 0.598. The Bertz CT molecular complexity index is 407. The maximum Gasteiger partial charge on any atom is 0.210 e. The summed E-state index contributed by atoms with van der Waals surface area (Å²) in [4.78, 5) is 3.78. The van der Waals surface area contributed by atoms with Gasteiger partial charge < -0.3 is 5.32 Å². The lowest BCUT2D eigenvalue weighted by atomic mass is 10.4. The molecular formula is C7H10ClN3O2S. The number of nitrogens with zero attached hydrogens (tertiary/aromatic N) is 1. The molecule has 7 heteroatoms. The molecule has 1 heterocycles. The van der Waals surface area contributed by atoms with Crippen LogP contribution in [0.25, 0.3) is 0 Å². The average molecular weight is 236 g/mol. The van der Waals surface area contributed by atoms with Crippen LogP contribution in [0.1, 0.15) is 0 Å². The number of rotatable bonds is 4. The zero-order chi connectivity index (χ0) is 10.6. The van der Waals surface area contributed by atoms with Gasteiger partial charge in [-0.2, -0.15) is 0 Å². The van der Waals surface area contributed by atoms with Crippen LogP contribution in [-0.2, 0) is 10.0 Å². The molecule has 5 nitrogen and oxygen atoms in total. The van der Waals surface area contributed by atoms with Crippen molar-refractivity contribution in [1.29, 1.82) is 0 Å². The van der Waals surface area contributed by atoms with E-state index in [-0.39, 0.29) is 12.3 Å². The molecule has 0 amide bonds. The summed E-state index contributed by atoms with van der Waals surface area (Å²) < 4.78 is 21.2. The Morgan fingerprint density at radius 3 is 2.86 bits per heavy atom. The molecule has 0 bridgehead atoms. The summed E-state index contributed by atoms with van der Waals surface area (Å²) in [6.07, 6.45) is 1.53. The summed E-state index contributed by atoms with van der Waals surface area (Å²) in [5, 5.41) is 8.03. The van der Waals surface area contributed by atoms with Crippen molar-refractivity contribution in [3.05, 3.63) is 23.5 Å². The Hall–Kier alpha value is -0.850. The van der Waals surface area contributed by atoms with Gasteiger partial charge in [0.25, 0.3) is 0 Å². The highest BCUT2D eigenvalue weighted by molar-refractivity contribution is 7.89. The minimum absolute atomic E-state index is 0.118. The SMILES string of the molecule is NS(=O)(=O)CCNc1ccnc(Cl)c1. The second kappa shape index (κ2) is 4.59. The number of primary sulfonamides is 1. The molecule has 0 saturated carbocycles. The number of anilines is 1. The van der Waals surface area contributed by atoms with Crippen LogP contribution in [0, 0.1) is 0 Å². The topological polar surface area (TPSA) is 85.1 Å². The third-order valence-electron chi connectivity index (χ3n) is 1.44. The van der Waals surface area contributed by atoms with Crippen LogP contribution in [-0.4, -0.2) is 25.7 Å². The Morgan fingerprint density at radius 1 is 1.57 bits per heavy atom. The third-order valence-corrected chi connectivity index (χ3v) is 2.42. The van der Waals surface area contributed by atoms with Crippen LogP contribution >= 0.6 is 11.6 Å². The van der Waals surface area contributed by atoms with Crippen molar-refractivity contribution in [1.82, 2.24) is 4.98 Å². The maximum absolute atomic E-state index is 10.6. The smallest absolute Gasteiger partial charge is 0.210 e. The Morgan fingerprint density at radius 2 is 2.29 bits per heavy atom. The predicted molar refractivity (Wildman–Crippen MR) is 55.7 cm³/mol. The molecule has 3 N–H and O–H groups in total. The van der Waals surface area contributed by atoms with E-state index in [1.807, 2.05) is 0 Å². The summed E-state index contributed by atoms with van der Waals surface area (Å²) in [5.74, 6) is -0.118. The molecule has 1 aromatic rings. The molecule has 0 radical (unpaired) electrons. The van der Waals surface area contributed by atoms with E-state index in [0.29, 0.717) is 10.8 Å². The highest BCUT2D eigenvalue weighted by Crippen LogP contribution is 2.11. The lowest BCUT2D eigenvalue weighted by Crippen LogP contribution is -2.22. The molecule has 0 aliphatic carbocycles. The largest absolute Gasteiger partial charge is 0.384 e. The third kappa shape index (κ3) is 4.40. The van der Waals surface area contributed by atoms with Crippen LogP contribution in [0.4, 0.5) is 5.69 Å². The van der Waals surface area contributed by atoms with Gasteiger partial charge in [-0.25, -0.2) is 18.5 Å². The number of hydrogen-bond donors (Lipinski definition) is 2. The number of pyridine rings is 1. The van der Waals surface area contributed by atoms with Crippen molar-refractivity contribution < 1.29 is 8.42 Å². The van der Waals surface area contributed by atoms with E-state index in [4.69, 9.17) is 16.7 Å². The molecule has 0 aliphatic heterocycles. The summed E-state index contributed by atoms with van der Waals surface area (Å²) >= 11 is 5.62. The van der Waals surface area contributed by atoms with Gasteiger partial charge in [-0.3, -0.25) is 0 Å². The van der Waals surface area contributed by atoms with E-state index in [0.717, 1.165) is 0 Å². The summed E-state index contributed by atoms with van der Waals surface area (Å²) in [6.45, 7) is 0.249. The van der Waals surface area contributed by atoms with Crippen molar-refractivity contribution in [3.63, 3.8) is 0 Å². The van der Waals surface area contributed by atoms with Gasteiger partial charge in [-0.1, -0.05) is 11.6 Å². The van der Waals surface area contributed by atoms with Gasteiger partial charge in [0.05, 0.1) is 5.75 Å². The minimum atomic E-state index is -3.42. The number of halogens is 1. The minimum Gasteiger partial charge on any atom is -0.384 e. The van der Waals surface area contributed by atoms with E-state index in [1.54, 1.807) is 12.1 Å². The fourth-order valence-corrected chi connectivity index (χ4v) is 1.41. The molecule has 0 aliphatic rings. The maximum atomic E-state index is 10.6. The predicted octanol–water partition coefficient (Wildman–Crippen LogP) is 0.435. The van der Waals surface area contributed by atoms with Crippen molar-refractivity contribution in [2.45, 2.75) is 0 Å². The Labute approximate surface area is 87.3 Å². The van der Waals surface area contributed by atoms with Gasteiger partial charge in [0.1, 0.15) is 5.15 Å². The van der Waals surface area contributed by atoms with Crippen LogP contribution in [0.15, 0.2) is 18.3 Å². The molecule has 0 unspecified atom stereocenters. The number of sulfonamides is 1. The van der Waals surface area contributed by atoms with Gasteiger partial charge in [0.2, 0.25) is 10.0 Å². The highest BCUT2D eigenvalue weighted by Gasteiger charge is 2.01. The summed E-state index contributed by atoms with van der Waals surface area (Å²) in [6, 6.07) is 3.29. The van der Waals surface area contributed by atoms with Gasteiger partial charge in [-0.05, 0) is 12.1 Å². The van der Waals surface area contributed by atoms with E-state index in [1.165, 1.54) is 6.20 Å². The molecule has 0 saturated heterocycles. The van der Waals surface area contributed by atoms with E-state index in [2.05, 4.69) is 10.3 Å². The molecule has 14 heavy (non-hydrogen) atoms. The van der Waals surface area contributed by atoms with Crippen molar-refractivity contribution >= 4 is 27.3 Å². The van der Waals surface area contributed by atoms with Crippen LogP contribution in [0.3, 0.4) is 0 Å². The molecular weight excluding hydrogens is 226 g/mol. The van der Waals surface area contributed by atoms with Gasteiger partial charge >= 0.3 is 0 Å². The van der Waals surface area contributed by atoms with Crippen molar-refractivity contribution in [3.8, 4) is 0 Å². The van der Waals surface area contributed by atoms with E-state index in [9.17, 15) is 8.42 Å². The second-order valence-electron chi connectivity index (χ2n) is 2.66. The molecule has 1 rings (SSSR count). The summed E-state index contributed by atoms with van der Waals surface area (Å²) in [5.41, 5.74) is 0.716. The zero-order valence-corrected chi connectivity index (χ0v) is 8.85. The van der Waals surface area contributed by atoms with Gasteiger partial charge in [0.15, 0.2) is 0 Å². The molecule has 0 aromatic carbocycles. The fraction of sp³-hybridized carbons (Fsp3) is 0.286. The van der Waals surface area contributed by atoms with Crippen molar-refractivity contribution in [2.24, 2.45) is 5.14 Å². The quantitative estimate of drug-likeness (QED) is 0.742. The Kier molecular flexibility index (Phi) is 3.68. The fourth-order valence-electron chi connectivity index (χ4n) is 0.850. The highest BCUT2D eigenvalue weighted by atomic mass is 35.5. The zero-order valence-electron chi connectivity index (χ0n) is 7.27. The standard InChI is InChI=1S/C7H10ClN3O2S/c8-7-5-6(1-2-11-7)10-3-4-14(9,12)13/h1-2,5H,3-4H2,(H,10,11)(H2,9,12,13). The van der Waals surface area contributed by atoms with Crippen LogP contribution in [0.2, 0.25) is 5.15 Å². The molecule has 0 atom stereocenters. The van der Waals surface area contributed by atoms with E-state index < -0.39 is 10.0 Å². The van der Waals surface area contributed by atoms with Gasteiger partial charge in [0, 0.05) is 18.4 Å². The number of nitrogens with one attached hydrogen (secondary N) is 1. The number of nitrogens with two attached hydrogens (primary N) is 1.